The number of hydrogen-bond donors (Lipinski definition) is 0. The van der Waals surface area contributed by atoms with Crippen LogP contribution in [-0.2, 0) is 13.9 Å². The molecule has 0 saturated carbocycles. The Labute approximate surface area is 552 Å². The second-order valence-corrected chi connectivity index (χ2v) is 30.6. The molecule has 1 aliphatic rings. The number of aromatic nitrogens is 2. The highest BCUT2D eigenvalue weighted by atomic mass is 79.9. The Morgan fingerprint density at radius 1 is 0.355 bits per heavy atom. The van der Waals surface area contributed by atoms with Gasteiger partial charge in [0.1, 0.15) is 0 Å². The molecule has 16 aromatic rings. The molecule has 0 spiro atoms. The van der Waals surface area contributed by atoms with E-state index in [1.165, 1.54) is 59.2 Å². The Morgan fingerprint density at radius 2 is 0.796 bits per heavy atom. The third kappa shape index (κ3) is 11.5. The van der Waals surface area contributed by atoms with Crippen molar-refractivity contribution in [2.45, 2.75) is 38.9 Å². The van der Waals surface area contributed by atoms with Crippen LogP contribution in [0.4, 0.5) is 0 Å². The fourth-order valence-electron chi connectivity index (χ4n) is 12.9. The number of rotatable bonds is 8. The average molecular weight is 1300 g/mol. The van der Waals surface area contributed by atoms with Crippen LogP contribution >= 0.6 is 31.0 Å². The fourth-order valence-corrected chi connectivity index (χ4v) is 18.5. The summed E-state index contributed by atoms with van der Waals surface area (Å²) in [5, 5.41) is 20.6. The van der Waals surface area contributed by atoms with Crippen LogP contribution in [0.15, 0.2) is 320 Å². The average Bonchev–Trinajstić information content (AvgIpc) is 1.30. The number of hydrogen-bond acceptors (Lipinski definition) is 5. The zero-order valence-corrected chi connectivity index (χ0v) is 55.4. The minimum atomic E-state index is -3.04. The summed E-state index contributed by atoms with van der Waals surface area (Å²) < 4.78 is 28.5. The van der Waals surface area contributed by atoms with Gasteiger partial charge in [0, 0.05) is 52.7 Å². The van der Waals surface area contributed by atoms with Gasteiger partial charge in [-0.15, -0.1) is 0 Å². The zero-order chi connectivity index (χ0) is 63.3. The summed E-state index contributed by atoms with van der Waals surface area (Å²) in [4.78, 5) is 9.87. The molecule has 448 valence electrons. The third-order valence-corrected chi connectivity index (χ3v) is 24.5. The molecule has 5 nitrogen and oxygen atoms in total. The Morgan fingerprint density at radius 3 is 1.39 bits per heavy atom. The highest BCUT2D eigenvalue weighted by Gasteiger charge is 2.51. The van der Waals surface area contributed by atoms with Gasteiger partial charge in [-0.05, 0) is 155 Å². The van der Waals surface area contributed by atoms with E-state index in [1.54, 1.807) is 0 Å². The molecule has 0 radical (unpaired) electrons. The molecule has 3 heterocycles. The topological polar surface area (TPSA) is 61.3 Å². The lowest BCUT2D eigenvalue weighted by Gasteiger charge is -2.32. The van der Waals surface area contributed by atoms with Crippen molar-refractivity contribution in [1.29, 1.82) is 0 Å². The molecule has 0 atom stereocenters. The number of para-hydroxylation sites is 2. The number of halogens is 1. The molecule has 1 saturated heterocycles. The first-order chi connectivity index (χ1) is 45.3. The predicted octanol–water partition coefficient (Wildman–Crippen LogP) is 19.2. The van der Waals surface area contributed by atoms with E-state index in [4.69, 9.17) is 19.3 Å². The van der Waals surface area contributed by atoms with Crippen LogP contribution in [0.2, 0.25) is 0 Å². The third-order valence-electron chi connectivity index (χ3n) is 18.4. The first kappa shape index (κ1) is 59.9. The summed E-state index contributed by atoms with van der Waals surface area (Å²) >= 11 is 3.65. The van der Waals surface area contributed by atoms with Crippen molar-refractivity contribution < 1.29 is 13.9 Å². The van der Waals surface area contributed by atoms with E-state index in [0.717, 1.165) is 80.4 Å². The van der Waals surface area contributed by atoms with E-state index in [-0.39, 0.29) is 18.3 Å². The molecule has 0 aliphatic carbocycles. The van der Waals surface area contributed by atoms with Crippen molar-refractivity contribution >= 4 is 162 Å². The van der Waals surface area contributed by atoms with Crippen molar-refractivity contribution in [3.8, 4) is 11.1 Å². The molecule has 17 rings (SSSR count). The first-order valence-electron chi connectivity index (χ1n) is 31.5. The van der Waals surface area contributed by atoms with Crippen molar-refractivity contribution in [3.05, 3.63) is 320 Å². The van der Waals surface area contributed by atoms with E-state index in [1.807, 2.05) is 84.9 Å². The van der Waals surface area contributed by atoms with Gasteiger partial charge in [-0.3, -0.25) is 0 Å². The summed E-state index contributed by atoms with van der Waals surface area (Å²) in [6, 6.07) is 110. The maximum absolute atomic E-state index is 14.9. The monoisotopic (exact) mass is 1300 g/mol. The quantitative estimate of drug-likeness (QED) is 0.0657. The second-order valence-electron chi connectivity index (χ2n) is 24.8. The van der Waals surface area contributed by atoms with Crippen molar-refractivity contribution in [2.24, 2.45) is 0 Å². The van der Waals surface area contributed by atoms with Gasteiger partial charge in [0.05, 0.1) is 33.3 Å². The van der Waals surface area contributed by atoms with Crippen LogP contribution in [0, 0.1) is 0 Å². The highest BCUT2D eigenvalue weighted by Crippen LogP contribution is 2.44. The van der Waals surface area contributed by atoms with Crippen molar-refractivity contribution in [3.63, 3.8) is 0 Å². The molecule has 1 aliphatic heterocycles. The number of fused-ring (bicyclic) bond motifs is 10. The zero-order valence-electron chi connectivity index (χ0n) is 52.0. The Balaban J connectivity index is 0.000000124. The lowest BCUT2D eigenvalue weighted by molar-refractivity contribution is 0.00578. The molecular formula is C84H64BBrN2O3P2. The molecule has 0 N–H and O–H groups in total. The predicted molar refractivity (Wildman–Crippen MR) is 402 cm³/mol. The summed E-state index contributed by atoms with van der Waals surface area (Å²) in [6.45, 7) is 8.37. The van der Waals surface area contributed by atoms with Crippen LogP contribution in [0.5, 0.6) is 0 Å². The molecule has 0 unspecified atom stereocenters. The van der Waals surface area contributed by atoms with E-state index < -0.39 is 15.1 Å². The van der Waals surface area contributed by atoms with Crippen LogP contribution < -0.4 is 37.3 Å². The number of benzene rings is 14. The van der Waals surface area contributed by atoms with Crippen LogP contribution in [0.1, 0.15) is 27.7 Å². The van der Waals surface area contributed by atoms with E-state index in [2.05, 4.69) is 274 Å². The minimum absolute atomic E-state index is 0.336. The molecular weight excluding hydrogens is 1240 g/mol. The molecule has 93 heavy (non-hydrogen) atoms. The van der Waals surface area contributed by atoms with E-state index in [9.17, 15) is 4.57 Å². The standard InChI is InChI=1S/C39H26NOP.C28H28BO2P.C17H10BrN/c41-42(32-12-3-1-4-13-32,33-14-5-2-6-15-33)34-22-21-27-23-29(20-19-28(27)25-34)37-26-31-24-30-11-7-10-18-38(30)40-39(31)36-17-9-8-16-35(36)37;1-27(2)28(3,4)31-29(30-27)23-17-15-22-20-26(18-16-21(22)19-23)32(24-11-7-5-8-12-24)25-13-9-6-10-14-25;18-15-10-12-9-11-5-1-4-8-16(11)19-17(12)14-7-3-2-6-13(14)15/h1-26H;5-20H,1-4H3;1-10H. The summed E-state index contributed by atoms with van der Waals surface area (Å²) in [5.41, 5.74) is 6.87. The van der Waals surface area contributed by atoms with Gasteiger partial charge < -0.3 is 13.9 Å². The first-order valence-corrected chi connectivity index (χ1v) is 35.3. The smallest absolute Gasteiger partial charge is 0.399 e. The number of nitrogens with zero attached hydrogens (tertiary/aromatic N) is 2. The summed E-state index contributed by atoms with van der Waals surface area (Å²) in [6.07, 6.45) is 0. The Kier molecular flexibility index (Phi) is 16.0. The van der Waals surface area contributed by atoms with Gasteiger partial charge in [0.2, 0.25) is 0 Å². The van der Waals surface area contributed by atoms with Crippen molar-refractivity contribution in [1.82, 2.24) is 9.97 Å². The Bertz CT molecular complexity index is 5440. The van der Waals surface area contributed by atoms with Crippen LogP contribution in [-0.4, -0.2) is 28.3 Å². The van der Waals surface area contributed by atoms with E-state index in [0.29, 0.717) is 0 Å². The minimum Gasteiger partial charge on any atom is -0.399 e. The van der Waals surface area contributed by atoms with Crippen LogP contribution in [0.25, 0.3) is 97.8 Å². The van der Waals surface area contributed by atoms with E-state index >= 15 is 0 Å². The summed E-state index contributed by atoms with van der Waals surface area (Å²) in [7, 11) is -3.99. The SMILES string of the molecule is Brc1cc2cc3ccccc3nc2c2ccccc12.CC1(C)OB(c2ccc3cc(P(c4ccccc4)c4ccccc4)ccc3c2)OC1(C)C.O=P(c1ccccc1)(c1ccccc1)c1ccc2cc(-c3cc4cc5ccccc5nc4c4ccccc34)ccc2c1. The summed E-state index contributed by atoms with van der Waals surface area (Å²) in [5.74, 6) is 0. The molecule has 9 heteroatoms. The lowest BCUT2D eigenvalue weighted by Crippen LogP contribution is -2.41. The van der Waals surface area contributed by atoms with Crippen LogP contribution in [0.3, 0.4) is 0 Å². The lowest BCUT2D eigenvalue weighted by atomic mass is 9.78. The van der Waals surface area contributed by atoms with Gasteiger partial charge in [-0.2, -0.15) is 0 Å². The molecule has 2 aromatic heterocycles. The van der Waals surface area contributed by atoms with Crippen molar-refractivity contribution in [2.75, 3.05) is 0 Å². The largest absolute Gasteiger partial charge is 0.494 e. The maximum Gasteiger partial charge on any atom is 0.494 e. The number of pyridine rings is 2. The maximum atomic E-state index is 14.9. The highest BCUT2D eigenvalue weighted by molar-refractivity contribution is 9.10. The Hall–Kier alpha value is -9.42. The van der Waals surface area contributed by atoms with Gasteiger partial charge >= 0.3 is 7.12 Å². The van der Waals surface area contributed by atoms with Gasteiger partial charge in [0.25, 0.3) is 0 Å². The van der Waals surface area contributed by atoms with Gasteiger partial charge in [0.15, 0.2) is 7.14 Å². The normalized spacial score (nSPS) is 13.6. The molecule has 14 aromatic carbocycles. The fraction of sp³-hybridized carbons (Fsp3) is 0.0714. The second kappa shape index (κ2) is 24.9. The van der Waals surface area contributed by atoms with Gasteiger partial charge in [-0.25, -0.2) is 9.97 Å². The molecule has 0 amide bonds. The molecule has 1 fully saturated rings. The molecule has 0 bridgehead atoms. The van der Waals surface area contributed by atoms with Gasteiger partial charge in [-0.1, -0.05) is 277 Å².